The normalized spacial score (nSPS) is 28.4. The van der Waals surface area contributed by atoms with E-state index in [9.17, 15) is 9.90 Å². The molecule has 0 saturated carbocycles. The summed E-state index contributed by atoms with van der Waals surface area (Å²) in [5.41, 5.74) is 1.62. The van der Waals surface area contributed by atoms with Crippen LogP contribution in [-0.4, -0.2) is 23.2 Å². The Kier molecular flexibility index (Phi) is 2.98. The number of nitrogens with zero attached hydrogens (tertiary/aromatic N) is 2. The van der Waals surface area contributed by atoms with Crippen molar-refractivity contribution in [1.82, 2.24) is 0 Å². The lowest BCUT2D eigenvalue weighted by Gasteiger charge is -2.26. The highest BCUT2D eigenvalue weighted by atomic mass is 79.9. The number of carboxylic acids is 1. The van der Waals surface area contributed by atoms with E-state index in [1.165, 1.54) is 0 Å². The number of nitriles is 1. The number of halogens is 1. The summed E-state index contributed by atoms with van der Waals surface area (Å²) < 4.78 is 0.870. The van der Waals surface area contributed by atoms with E-state index in [1.54, 1.807) is 12.1 Å². The first kappa shape index (κ1) is 12.5. The molecule has 2 fully saturated rings. The van der Waals surface area contributed by atoms with Crippen LogP contribution in [0.25, 0.3) is 0 Å². The molecule has 4 nitrogen and oxygen atoms in total. The maximum Gasteiger partial charge on any atom is 0.308 e. The average Bonchev–Trinajstić information content (AvgIpc) is 2.96. The number of carboxylic acid groups (broad SMARTS) is 1. The van der Waals surface area contributed by atoms with Gasteiger partial charge >= 0.3 is 5.97 Å². The molecule has 0 spiro atoms. The molecular weight excluding hydrogens is 308 g/mol. The number of benzene rings is 1. The quantitative estimate of drug-likeness (QED) is 0.910. The molecule has 0 aliphatic carbocycles. The summed E-state index contributed by atoms with van der Waals surface area (Å²) in [4.78, 5) is 13.5. The van der Waals surface area contributed by atoms with Crippen LogP contribution in [0.4, 0.5) is 5.69 Å². The molecule has 1 aromatic carbocycles. The van der Waals surface area contributed by atoms with E-state index in [-0.39, 0.29) is 12.0 Å². The van der Waals surface area contributed by atoms with Gasteiger partial charge in [-0.25, -0.2) is 0 Å². The molecule has 1 aromatic rings. The Morgan fingerprint density at radius 1 is 1.47 bits per heavy atom. The Labute approximate surface area is 119 Å². The second kappa shape index (κ2) is 4.53. The maximum atomic E-state index is 11.3. The fourth-order valence-corrected chi connectivity index (χ4v) is 4.00. The third kappa shape index (κ3) is 1.91. The number of hydrogen-bond acceptors (Lipinski definition) is 3. The van der Waals surface area contributed by atoms with E-state index >= 15 is 0 Å². The molecule has 0 aromatic heterocycles. The van der Waals surface area contributed by atoms with Gasteiger partial charge in [-0.2, -0.15) is 5.26 Å². The van der Waals surface area contributed by atoms with E-state index in [0.29, 0.717) is 11.6 Å². The van der Waals surface area contributed by atoms with Crippen molar-refractivity contribution in [3.05, 3.63) is 28.2 Å². The molecule has 2 bridgehead atoms. The highest BCUT2D eigenvalue weighted by Gasteiger charge is 2.49. The molecule has 5 heteroatoms. The van der Waals surface area contributed by atoms with Gasteiger partial charge in [-0.05, 0) is 53.4 Å². The first-order valence-corrected chi connectivity index (χ1v) is 7.12. The second-order valence-electron chi connectivity index (χ2n) is 5.16. The Balaban J connectivity index is 1.96. The molecule has 2 aliphatic rings. The monoisotopic (exact) mass is 320 g/mol. The Hall–Kier alpha value is -1.54. The van der Waals surface area contributed by atoms with Crippen LogP contribution in [0.15, 0.2) is 22.7 Å². The topological polar surface area (TPSA) is 64.3 Å². The van der Waals surface area contributed by atoms with Gasteiger partial charge in [-0.1, -0.05) is 0 Å². The van der Waals surface area contributed by atoms with Gasteiger partial charge in [0.05, 0.1) is 23.2 Å². The van der Waals surface area contributed by atoms with Gasteiger partial charge in [0.25, 0.3) is 0 Å². The molecular formula is C14H13BrN2O2. The van der Waals surface area contributed by atoms with Crippen LogP contribution < -0.4 is 4.90 Å². The minimum Gasteiger partial charge on any atom is -0.481 e. The summed E-state index contributed by atoms with van der Waals surface area (Å²) in [7, 11) is 0. The van der Waals surface area contributed by atoms with Crippen LogP contribution in [-0.2, 0) is 4.79 Å². The molecule has 0 radical (unpaired) electrons. The van der Waals surface area contributed by atoms with Crippen molar-refractivity contribution >= 4 is 27.6 Å². The van der Waals surface area contributed by atoms with Gasteiger partial charge in [-0.15, -0.1) is 0 Å². The van der Waals surface area contributed by atoms with Crippen molar-refractivity contribution in [1.29, 1.82) is 5.26 Å². The summed E-state index contributed by atoms with van der Waals surface area (Å²) in [5, 5.41) is 18.2. The van der Waals surface area contributed by atoms with E-state index in [1.807, 2.05) is 6.07 Å². The standard InChI is InChI=1S/C14H13BrN2O2/c15-11-5-8(7-16)1-3-13(11)17-9-2-4-12(17)10(6-9)14(18)19/h1,3,5,9-10,12H,2,4,6H2,(H,18,19). The van der Waals surface area contributed by atoms with E-state index in [0.717, 1.165) is 29.4 Å². The van der Waals surface area contributed by atoms with Crippen LogP contribution in [0.5, 0.6) is 0 Å². The van der Waals surface area contributed by atoms with Crippen LogP contribution in [0, 0.1) is 17.2 Å². The summed E-state index contributed by atoms with van der Waals surface area (Å²) in [5.74, 6) is -0.955. The van der Waals surface area contributed by atoms with E-state index in [4.69, 9.17) is 5.26 Å². The van der Waals surface area contributed by atoms with Crippen molar-refractivity contribution in [2.24, 2.45) is 5.92 Å². The Morgan fingerprint density at radius 3 is 2.84 bits per heavy atom. The number of carbonyl (C=O) groups is 1. The van der Waals surface area contributed by atoms with E-state index in [2.05, 4.69) is 26.9 Å². The lowest BCUT2D eigenvalue weighted by atomic mass is 9.89. The van der Waals surface area contributed by atoms with Crippen molar-refractivity contribution in [3.8, 4) is 6.07 Å². The number of rotatable bonds is 2. The van der Waals surface area contributed by atoms with Crippen LogP contribution in [0.2, 0.25) is 0 Å². The minimum absolute atomic E-state index is 0.0896. The number of hydrogen-bond donors (Lipinski definition) is 1. The summed E-state index contributed by atoms with van der Waals surface area (Å²) in [6.07, 6.45) is 2.72. The largest absolute Gasteiger partial charge is 0.481 e. The van der Waals surface area contributed by atoms with Crippen molar-refractivity contribution in [2.45, 2.75) is 31.3 Å². The molecule has 2 aliphatic heterocycles. The van der Waals surface area contributed by atoms with Crippen LogP contribution in [0.3, 0.4) is 0 Å². The lowest BCUT2D eigenvalue weighted by molar-refractivity contribution is -0.142. The molecule has 3 rings (SSSR count). The SMILES string of the molecule is N#Cc1ccc(N2C3CCC2C(C(=O)O)C3)c(Br)c1. The average molecular weight is 321 g/mol. The molecule has 98 valence electrons. The Morgan fingerprint density at radius 2 is 2.26 bits per heavy atom. The zero-order valence-electron chi connectivity index (χ0n) is 10.2. The molecule has 2 heterocycles. The number of anilines is 1. The molecule has 3 unspecified atom stereocenters. The highest BCUT2D eigenvalue weighted by molar-refractivity contribution is 9.10. The maximum absolute atomic E-state index is 11.3. The first-order chi connectivity index (χ1) is 9.11. The highest BCUT2D eigenvalue weighted by Crippen LogP contribution is 2.46. The molecule has 19 heavy (non-hydrogen) atoms. The summed E-state index contributed by atoms with van der Waals surface area (Å²) >= 11 is 3.50. The third-order valence-electron chi connectivity index (χ3n) is 4.21. The molecule has 3 atom stereocenters. The van der Waals surface area contributed by atoms with Crippen molar-refractivity contribution in [3.63, 3.8) is 0 Å². The smallest absolute Gasteiger partial charge is 0.308 e. The second-order valence-corrected chi connectivity index (χ2v) is 6.02. The molecule has 1 N–H and O–H groups in total. The van der Waals surface area contributed by atoms with E-state index < -0.39 is 5.97 Å². The molecule has 0 amide bonds. The van der Waals surface area contributed by atoms with Crippen molar-refractivity contribution in [2.75, 3.05) is 4.90 Å². The van der Waals surface area contributed by atoms with Gasteiger partial charge in [0, 0.05) is 16.6 Å². The zero-order valence-corrected chi connectivity index (χ0v) is 11.8. The summed E-state index contributed by atoms with van der Waals surface area (Å²) in [6.45, 7) is 0. The third-order valence-corrected chi connectivity index (χ3v) is 4.84. The van der Waals surface area contributed by atoms with Gasteiger partial charge in [-0.3, -0.25) is 4.79 Å². The van der Waals surface area contributed by atoms with Gasteiger partial charge < -0.3 is 10.0 Å². The minimum atomic E-state index is -0.693. The number of fused-ring (bicyclic) bond motifs is 2. The zero-order chi connectivity index (χ0) is 13.6. The predicted octanol–water partition coefficient (Wildman–Crippen LogP) is 2.76. The lowest BCUT2D eigenvalue weighted by Crippen LogP contribution is -2.33. The fraction of sp³-hybridized carbons (Fsp3) is 0.429. The van der Waals surface area contributed by atoms with Gasteiger partial charge in [0.15, 0.2) is 0 Å². The molecule has 2 saturated heterocycles. The van der Waals surface area contributed by atoms with Gasteiger partial charge in [0.1, 0.15) is 0 Å². The fourth-order valence-electron chi connectivity index (χ4n) is 3.42. The first-order valence-electron chi connectivity index (χ1n) is 6.32. The summed E-state index contributed by atoms with van der Waals surface area (Å²) in [6, 6.07) is 8.01. The van der Waals surface area contributed by atoms with Crippen LogP contribution in [0.1, 0.15) is 24.8 Å². The number of aliphatic carboxylic acids is 1. The predicted molar refractivity (Wildman–Crippen MR) is 73.9 cm³/mol. The van der Waals surface area contributed by atoms with Crippen molar-refractivity contribution < 1.29 is 9.90 Å². The Bertz CT molecular complexity index is 581. The van der Waals surface area contributed by atoms with Gasteiger partial charge in [0.2, 0.25) is 0 Å². The van der Waals surface area contributed by atoms with Crippen LogP contribution >= 0.6 is 15.9 Å².